The van der Waals surface area contributed by atoms with Crippen molar-refractivity contribution in [3.63, 3.8) is 0 Å². The molecule has 11 heavy (non-hydrogen) atoms. The molecule has 1 aromatic carbocycles. The Labute approximate surface area is 65.8 Å². The topological polar surface area (TPSA) is 9.23 Å². The molecule has 1 radical (unpaired) electrons. The number of halogens is 1. The van der Waals surface area contributed by atoms with Gasteiger partial charge in [0.15, 0.2) is 0 Å². The maximum absolute atomic E-state index is 12.4. The molecule has 0 amide bonds. The number of benzene rings is 1. The first-order valence-electron chi connectivity index (χ1n) is 3.47. The van der Waals surface area contributed by atoms with Crippen LogP contribution in [0.5, 0.6) is 0 Å². The molecule has 0 N–H and O–H groups in total. The van der Waals surface area contributed by atoms with Gasteiger partial charge in [0, 0.05) is 0 Å². The summed E-state index contributed by atoms with van der Waals surface area (Å²) in [5, 5.41) is 0. The number of hydrogen-bond acceptors (Lipinski definition) is 1. The number of rotatable bonds is 3. The van der Waals surface area contributed by atoms with Crippen molar-refractivity contribution in [1.82, 2.24) is 0 Å². The molecule has 0 aromatic heterocycles. The van der Waals surface area contributed by atoms with Crippen LogP contribution in [0.2, 0.25) is 0 Å². The molecule has 0 saturated carbocycles. The van der Waals surface area contributed by atoms with Crippen molar-refractivity contribution in [2.75, 3.05) is 0 Å². The molecule has 0 unspecified atom stereocenters. The van der Waals surface area contributed by atoms with E-state index in [1.807, 2.05) is 6.92 Å². The summed E-state index contributed by atoms with van der Waals surface area (Å²) in [5.41, 5.74) is 0.976. The van der Waals surface area contributed by atoms with E-state index in [2.05, 4.69) is 0 Å². The van der Waals surface area contributed by atoms with Crippen molar-refractivity contribution in [1.29, 1.82) is 0 Å². The summed E-state index contributed by atoms with van der Waals surface area (Å²) < 4.78 is 17.4. The molecule has 1 nitrogen and oxygen atoms in total. The standard InChI is InChI=1S/C9H10FO/c1-2-11-7-8-3-5-9(10)6-4-8/h2-6H,7H2,1H3. The highest BCUT2D eigenvalue weighted by molar-refractivity contribution is 5.14. The van der Waals surface area contributed by atoms with Crippen LogP contribution in [-0.2, 0) is 11.3 Å². The van der Waals surface area contributed by atoms with Crippen molar-refractivity contribution in [2.24, 2.45) is 0 Å². The van der Waals surface area contributed by atoms with Gasteiger partial charge >= 0.3 is 0 Å². The van der Waals surface area contributed by atoms with Crippen LogP contribution < -0.4 is 0 Å². The fraction of sp³-hybridized carbons (Fsp3) is 0.222. The van der Waals surface area contributed by atoms with E-state index in [0.29, 0.717) is 6.61 Å². The van der Waals surface area contributed by atoms with Gasteiger partial charge in [-0.2, -0.15) is 0 Å². The largest absolute Gasteiger partial charge is 0.371 e. The average molecular weight is 153 g/mol. The van der Waals surface area contributed by atoms with Crippen LogP contribution in [-0.4, -0.2) is 0 Å². The molecule has 1 aromatic rings. The molecule has 0 aliphatic rings. The molecular weight excluding hydrogens is 143 g/mol. The highest BCUT2D eigenvalue weighted by Crippen LogP contribution is 2.04. The van der Waals surface area contributed by atoms with Gasteiger partial charge in [0.05, 0.1) is 13.2 Å². The molecule has 0 bridgehead atoms. The molecule has 0 atom stereocenters. The Morgan fingerprint density at radius 2 is 2.00 bits per heavy atom. The van der Waals surface area contributed by atoms with Crippen LogP contribution in [0.25, 0.3) is 0 Å². The third kappa shape index (κ3) is 2.68. The van der Waals surface area contributed by atoms with Gasteiger partial charge < -0.3 is 4.74 Å². The second-order valence-electron chi connectivity index (χ2n) is 2.17. The third-order valence-corrected chi connectivity index (χ3v) is 1.33. The summed E-state index contributed by atoms with van der Waals surface area (Å²) in [5.74, 6) is -0.214. The summed E-state index contributed by atoms with van der Waals surface area (Å²) >= 11 is 0. The Morgan fingerprint density at radius 1 is 1.36 bits per heavy atom. The molecule has 0 saturated heterocycles. The minimum Gasteiger partial charge on any atom is -0.371 e. The first-order valence-corrected chi connectivity index (χ1v) is 3.47. The van der Waals surface area contributed by atoms with Crippen molar-refractivity contribution < 1.29 is 9.13 Å². The molecule has 0 aliphatic heterocycles. The fourth-order valence-electron chi connectivity index (χ4n) is 0.760. The average Bonchev–Trinajstić information content (AvgIpc) is 2.04. The minimum atomic E-state index is -0.214. The maximum atomic E-state index is 12.4. The Morgan fingerprint density at radius 3 is 2.55 bits per heavy atom. The summed E-state index contributed by atoms with van der Waals surface area (Å²) in [6.45, 7) is 3.93. The summed E-state index contributed by atoms with van der Waals surface area (Å²) in [7, 11) is 0. The molecule has 0 heterocycles. The monoisotopic (exact) mass is 153 g/mol. The van der Waals surface area contributed by atoms with Crippen LogP contribution in [0.1, 0.15) is 12.5 Å². The van der Waals surface area contributed by atoms with Crippen molar-refractivity contribution in [3.05, 3.63) is 42.3 Å². The van der Waals surface area contributed by atoms with E-state index in [9.17, 15) is 4.39 Å². The molecule has 1 rings (SSSR count). The zero-order chi connectivity index (χ0) is 8.10. The van der Waals surface area contributed by atoms with Crippen molar-refractivity contribution in [2.45, 2.75) is 13.5 Å². The SMILES string of the molecule is C[CH]OCc1ccc(F)cc1. The van der Waals surface area contributed by atoms with Crippen LogP contribution >= 0.6 is 0 Å². The minimum absolute atomic E-state index is 0.214. The molecule has 2 heteroatoms. The lowest BCUT2D eigenvalue weighted by Crippen LogP contribution is -1.87. The highest BCUT2D eigenvalue weighted by atomic mass is 19.1. The number of hydrogen-bond donors (Lipinski definition) is 0. The van der Waals surface area contributed by atoms with Gasteiger partial charge in [-0.3, -0.25) is 0 Å². The fourth-order valence-corrected chi connectivity index (χ4v) is 0.760. The highest BCUT2D eigenvalue weighted by Gasteiger charge is 1.91. The Bertz CT molecular complexity index is 205. The Balaban J connectivity index is 2.52. The van der Waals surface area contributed by atoms with E-state index in [1.54, 1.807) is 18.7 Å². The lowest BCUT2D eigenvalue weighted by atomic mass is 10.2. The van der Waals surface area contributed by atoms with Crippen molar-refractivity contribution >= 4 is 0 Å². The van der Waals surface area contributed by atoms with E-state index in [-0.39, 0.29) is 5.82 Å². The van der Waals surface area contributed by atoms with Gasteiger partial charge in [-0.15, -0.1) is 0 Å². The third-order valence-electron chi connectivity index (χ3n) is 1.33. The molecule has 59 valence electrons. The van der Waals surface area contributed by atoms with Crippen LogP contribution in [0, 0.1) is 12.4 Å². The van der Waals surface area contributed by atoms with E-state index < -0.39 is 0 Å². The summed E-state index contributed by atoms with van der Waals surface area (Å²) in [6, 6.07) is 6.26. The van der Waals surface area contributed by atoms with Gasteiger partial charge in [0.2, 0.25) is 0 Å². The van der Waals surface area contributed by atoms with Gasteiger partial charge in [0.1, 0.15) is 5.82 Å². The van der Waals surface area contributed by atoms with Gasteiger partial charge in [-0.1, -0.05) is 12.1 Å². The first kappa shape index (κ1) is 8.21. The van der Waals surface area contributed by atoms with Crippen LogP contribution in [0.4, 0.5) is 4.39 Å². The van der Waals surface area contributed by atoms with Gasteiger partial charge in [-0.05, 0) is 24.6 Å². The molecule has 0 fully saturated rings. The molecular formula is C9H10FO. The Kier molecular flexibility index (Phi) is 3.05. The lowest BCUT2D eigenvalue weighted by Gasteiger charge is -1.99. The predicted octanol–water partition coefficient (Wildman–Crippen LogP) is 2.52. The second-order valence-corrected chi connectivity index (χ2v) is 2.17. The quantitative estimate of drug-likeness (QED) is 0.648. The summed E-state index contributed by atoms with van der Waals surface area (Å²) in [6.07, 6.45) is 0. The van der Waals surface area contributed by atoms with Crippen molar-refractivity contribution in [3.8, 4) is 0 Å². The smallest absolute Gasteiger partial charge is 0.123 e. The molecule has 0 aliphatic carbocycles. The van der Waals surface area contributed by atoms with E-state index in [1.165, 1.54) is 12.1 Å². The zero-order valence-corrected chi connectivity index (χ0v) is 6.38. The van der Waals surface area contributed by atoms with Gasteiger partial charge in [0.25, 0.3) is 0 Å². The predicted molar refractivity (Wildman–Crippen MR) is 41.2 cm³/mol. The van der Waals surface area contributed by atoms with Gasteiger partial charge in [-0.25, -0.2) is 4.39 Å². The molecule has 0 spiro atoms. The second kappa shape index (κ2) is 4.09. The Hall–Kier alpha value is -0.890. The normalized spacial score (nSPS) is 10.0. The summed E-state index contributed by atoms with van der Waals surface area (Å²) in [4.78, 5) is 0. The maximum Gasteiger partial charge on any atom is 0.123 e. The number of ether oxygens (including phenoxy) is 1. The first-order chi connectivity index (χ1) is 5.33. The van der Waals surface area contributed by atoms with E-state index in [0.717, 1.165) is 5.56 Å². The lowest BCUT2D eigenvalue weighted by molar-refractivity contribution is 0.191. The van der Waals surface area contributed by atoms with Crippen LogP contribution in [0.15, 0.2) is 24.3 Å². The van der Waals surface area contributed by atoms with E-state index >= 15 is 0 Å². The van der Waals surface area contributed by atoms with Crippen LogP contribution in [0.3, 0.4) is 0 Å². The zero-order valence-electron chi connectivity index (χ0n) is 6.38. The van der Waals surface area contributed by atoms with E-state index in [4.69, 9.17) is 4.74 Å².